The molecule has 0 amide bonds. The summed E-state index contributed by atoms with van der Waals surface area (Å²) in [5.41, 5.74) is 9.54. The predicted molar refractivity (Wildman–Crippen MR) is 75.5 cm³/mol. The number of hydrogen-bond donors (Lipinski definition) is 1. The lowest BCUT2D eigenvalue weighted by molar-refractivity contribution is 0.0994. The number of ether oxygens (including phenoxy) is 2. The molecule has 1 fully saturated rings. The molecule has 4 heteroatoms. The van der Waals surface area contributed by atoms with Crippen LogP contribution in [0.2, 0.25) is 0 Å². The van der Waals surface area contributed by atoms with Gasteiger partial charge in [-0.05, 0) is 27.2 Å². The topological polar surface area (TPSA) is 57.4 Å². The molecule has 3 atom stereocenters. The second-order valence-electron chi connectivity index (χ2n) is 5.44. The molecule has 19 heavy (non-hydrogen) atoms. The fraction of sp³-hybridized carbons (Fsp3) is 0.667. The lowest BCUT2D eigenvalue weighted by Crippen LogP contribution is -2.36. The number of nitrogens with zero attached hydrogens (tertiary/aromatic N) is 1. The lowest BCUT2D eigenvalue weighted by atomic mass is 9.90. The molecule has 1 aliphatic rings. The highest BCUT2D eigenvalue weighted by molar-refractivity contribution is 5.41. The van der Waals surface area contributed by atoms with E-state index < -0.39 is 0 Å². The third-order valence-electron chi connectivity index (χ3n) is 4.16. The summed E-state index contributed by atoms with van der Waals surface area (Å²) in [4.78, 5) is 4.52. The summed E-state index contributed by atoms with van der Waals surface area (Å²) in [7, 11) is 1.70. The molecule has 1 saturated heterocycles. The second kappa shape index (κ2) is 5.88. The van der Waals surface area contributed by atoms with E-state index in [-0.39, 0.29) is 12.1 Å². The SMILES string of the molecule is COc1c(C)cnc(CC(N)C2CCOC2C)c1C. The van der Waals surface area contributed by atoms with E-state index in [4.69, 9.17) is 15.2 Å². The molecule has 4 nitrogen and oxygen atoms in total. The van der Waals surface area contributed by atoms with Crippen LogP contribution in [0.4, 0.5) is 0 Å². The quantitative estimate of drug-likeness (QED) is 0.903. The van der Waals surface area contributed by atoms with Gasteiger partial charge in [0.25, 0.3) is 0 Å². The Labute approximate surface area is 115 Å². The maximum Gasteiger partial charge on any atom is 0.128 e. The van der Waals surface area contributed by atoms with Crippen LogP contribution in [0.25, 0.3) is 0 Å². The average Bonchev–Trinajstić information content (AvgIpc) is 2.80. The molecule has 1 aromatic rings. The van der Waals surface area contributed by atoms with Crippen LogP contribution >= 0.6 is 0 Å². The summed E-state index contributed by atoms with van der Waals surface area (Å²) < 4.78 is 11.0. The minimum absolute atomic E-state index is 0.0936. The molecule has 2 heterocycles. The van der Waals surface area contributed by atoms with Crippen molar-refractivity contribution in [3.05, 3.63) is 23.0 Å². The number of aromatic nitrogens is 1. The van der Waals surface area contributed by atoms with Gasteiger partial charge in [0.1, 0.15) is 5.75 Å². The van der Waals surface area contributed by atoms with Gasteiger partial charge < -0.3 is 15.2 Å². The highest BCUT2D eigenvalue weighted by atomic mass is 16.5. The smallest absolute Gasteiger partial charge is 0.128 e. The van der Waals surface area contributed by atoms with E-state index in [1.807, 2.05) is 13.1 Å². The Bertz CT molecular complexity index is 448. The van der Waals surface area contributed by atoms with Crippen molar-refractivity contribution in [3.8, 4) is 5.75 Å². The first-order chi connectivity index (χ1) is 9.04. The number of methoxy groups -OCH3 is 1. The molecule has 2 N–H and O–H groups in total. The van der Waals surface area contributed by atoms with Crippen molar-refractivity contribution in [3.63, 3.8) is 0 Å². The van der Waals surface area contributed by atoms with Gasteiger partial charge in [0.05, 0.1) is 13.2 Å². The first-order valence-corrected chi connectivity index (χ1v) is 6.90. The number of nitrogens with two attached hydrogens (primary N) is 1. The molecule has 3 unspecified atom stereocenters. The van der Waals surface area contributed by atoms with E-state index in [2.05, 4.69) is 18.8 Å². The van der Waals surface area contributed by atoms with Gasteiger partial charge in [-0.3, -0.25) is 4.98 Å². The van der Waals surface area contributed by atoms with Gasteiger partial charge in [-0.25, -0.2) is 0 Å². The van der Waals surface area contributed by atoms with Crippen molar-refractivity contribution in [1.29, 1.82) is 0 Å². The molecule has 106 valence electrons. The largest absolute Gasteiger partial charge is 0.496 e. The van der Waals surface area contributed by atoms with E-state index in [0.29, 0.717) is 5.92 Å². The van der Waals surface area contributed by atoms with Crippen molar-refractivity contribution in [2.24, 2.45) is 11.7 Å². The average molecular weight is 264 g/mol. The molecule has 1 aromatic heterocycles. The zero-order chi connectivity index (χ0) is 14.0. The molecule has 0 saturated carbocycles. The van der Waals surface area contributed by atoms with Gasteiger partial charge >= 0.3 is 0 Å². The Morgan fingerprint density at radius 3 is 2.84 bits per heavy atom. The lowest BCUT2D eigenvalue weighted by Gasteiger charge is -2.23. The summed E-state index contributed by atoms with van der Waals surface area (Å²) in [6.07, 6.45) is 3.94. The summed E-state index contributed by atoms with van der Waals surface area (Å²) in [5, 5.41) is 0. The first kappa shape index (κ1) is 14.3. The number of pyridine rings is 1. The highest BCUT2D eigenvalue weighted by Gasteiger charge is 2.30. The maximum atomic E-state index is 6.34. The molecule has 1 aliphatic heterocycles. The monoisotopic (exact) mass is 264 g/mol. The van der Waals surface area contributed by atoms with Gasteiger partial charge in [0.2, 0.25) is 0 Å². The summed E-state index contributed by atoms with van der Waals surface area (Å²) in [6, 6.07) is 0.0936. The zero-order valence-electron chi connectivity index (χ0n) is 12.3. The van der Waals surface area contributed by atoms with Crippen molar-refractivity contribution in [1.82, 2.24) is 4.98 Å². The Morgan fingerprint density at radius 1 is 1.53 bits per heavy atom. The van der Waals surface area contributed by atoms with E-state index in [1.165, 1.54) is 0 Å². The van der Waals surface area contributed by atoms with Crippen LogP contribution in [0, 0.1) is 19.8 Å². The van der Waals surface area contributed by atoms with Crippen molar-refractivity contribution < 1.29 is 9.47 Å². The van der Waals surface area contributed by atoms with Gasteiger partial charge in [-0.1, -0.05) is 0 Å². The third kappa shape index (κ3) is 2.90. The maximum absolute atomic E-state index is 6.34. The molecular weight excluding hydrogens is 240 g/mol. The summed E-state index contributed by atoms with van der Waals surface area (Å²) >= 11 is 0. The van der Waals surface area contributed by atoms with Crippen LogP contribution in [-0.4, -0.2) is 30.8 Å². The summed E-state index contributed by atoms with van der Waals surface area (Å²) in [6.45, 7) is 6.99. The minimum Gasteiger partial charge on any atom is -0.496 e. The van der Waals surface area contributed by atoms with Crippen LogP contribution in [0.1, 0.15) is 30.2 Å². The fourth-order valence-electron chi connectivity index (χ4n) is 2.96. The normalized spacial score (nSPS) is 24.5. The Hall–Kier alpha value is -1.13. The molecule has 0 aliphatic carbocycles. The molecule has 0 radical (unpaired) electrons. The van der Waals surface area contributed by atoms with E-state index >= 15 is 0 Å². The minimum atomic E-state index is 0.0936. The van der Waals surface area contributed by atoms with Crippen LogP contribution < -0.4 is 10.5 Å². The van der Waals surface area contributed by atoms with E-state index in [9.17, 15) is 0 Å². The highest BCUT2D eigenvalue weighted by Crippen LogP contribution is 2.28. The number of aryl methyl sites for hydroxylation is 1. The van der Waals surface area contributed by atoms with Crippen molar-refractivity contribution >= 4 is 0 Å². The van der Waals surface area contributed by atoms with E-state index in [0.717, 1.165) is 42.0 Å². The Balaban J connectivity index is 2.15. The standard InChI is InChI=1S/C15H24N2O2/c1-9-8-17-14(10(2)15(9)18-4)7-13(16)12-5-6-19-11(12)3/h8,11-13H,5-7,16H2,1-4H3. The molecule has 0 aromatic carbocycles. The fourth-order valence-corrected chi connectivity index (χ4v) is 2.96. The van der Waals surface area contributed by atoms with Crippen molar-refractivity contribution in [2.75, 3.05) is 13.7 Å². The third-order valence-corrected chi connectivity index (χ3v) is 4.16. The predicted octanol–water partition coefficient (Wildman–Crippen LogP) is 2.00. The molecule has 0 spiro atoms. The summed E-state index contributed by atoms with van der Waals surface area (Å²) in [5.74, 6) is 1.35. The Kier molecular flexibility index (Phi) is 4.42. The number of hydrogen-bond acceptors (Lipinski definition) is 4. The second-order valence-corrected chi connectivity index (χ2v) is 5.44. The van der Waals surface area contributed by atoms with Crippen LogP contribution in [0.3, 0.4) is 0 Å². The van der Waals surface area contributed by atoms with E-state index in [1.54, 1.807) is 7.11 Å². The van der Waals surface area contributed by atoms with Crippen LogP contribution in [0.5, 0.6) is 5.75 Å². The molecular formula is C15H24N2O2. The van der Waals surface area contributed by atoms with Gasteiger partial charge in [0.15, 0.2) is 0 Å². The van der Waals surface area contributed by atoms with Crippen LogP contribution in [0.15, 0.2) is 6.20 Å². The van der Waals surface area contributed by atoms with Crippen molar-refractivity contribution in [2.45, 2.75) is 45.8 Å². The Morgan fingerprint density at radius 2 is 2.26 bits per heavy atom. The van der Waals surface area contributed by atoms with Gasteiger partial charge in [-0.15, -0.1) is 0 Å². The molecule has 2 rings (SSSR count). The van der Waals surface area contributed by atoms with Gasteiger partial charge in [-0.2, -0.15) is 0 Å². The number of rotatable bonds is 4. The van der Waals surface area contributed by atoms with Gasteiger partial charge in [0, 0.05) is 48.0 Å². The molecule has 0 bridgehead atoms. The van der Waals surface area contributed by atoms with Crippen LogP contribution in [-0.2, 0) is 11.2 Å². The first-order valence-electron chi connectivity index (χ1n) is 6.90. The zero-order valence-corrected chi connectivity index (χ0v) is 12.3.